The summed E-state index contributed by atoms with van der Waals surface area (Å²) in [6.07, 6.45) is -3.14. The van der Waals surface area contributed by atoms with Crippen molar-refractivity contribution in [1.82, 2.24) is 19.9 Å². The van der Waals surface area contributed by atoms with E-state index in [1.54, 1.807) is 4.90 Å². The Bertz CT molecular complexity index is 826. The Kier molecular flexibility index (Phi) is 5.31. The Hall–Kier alpha value is -2.68. The van der Waals surface area contributed by atoms with Crippen molar-refractivity contribution in [3.8, 4) is 11.4 Å². The molecule has 0 radical (unpaired) electrons. The van der Waals surface area contributed by atoms with Crippen molar-refractivity contribution in [2.75, 3.05) is 26.2 Å². The van der Waals surface area contributed by atoms with E-state index in [1.807, 2.05) is 6.92 Å². The van der Waals surface area contributed by atoms with E-state index in [0.29, 0.717) is 32.1 Å². The van der Waals surface area contributed by atoms with Gasteiger partial charge in [0.05, 0.1) is 11.6 Å². The van der Waals surface area contributed by atoms with Crippen LogP contribution in [0.5, 0.6) is 0 Å². The molecule has 144 valence electrons. The monoisotopic (exact) mass is 380 g/mol. The molecule has 1 aliphatic heterocycles. The van der Waals surface area contributed by atoms with E-state index in [2.05, 4.69) is 21.6 Å². The highest BCUT2D eigenvalue weighted by Crippen LogP contribution is 2.32. The van der Waals surface area contributed by atoms with Crippen LogP contribution < -0.4 is 0 Å². The van der Waals surface area contributed by atoms with Crippen LogP contribution in [0.4, 0.5) is 13.2 Å². The molecule has 0 bridgehead atoms. The Morgan fingerprint density at radius 2 is 2.00 bits per heavy atom. The van der Waals surface area contributed by atoms with Crippen LogP contribution in [0.2, 0.25) is 0 Å². The van der Waals surface area contributed by atoms with Crippen LogP contribution in [0.3, 0.4) is 0 Å². The second kappa shape index (κ2) is 7.51. The fraction of sp³-hybridized carbons (Fsp3) is 0.389. The first kappa shape index (κ1) is 19.1. The first-order valence-electron chi connectivity index (χ1n) is 8.46. The molecule has 1 unspecified atom stereocenters. The summed E-state index contributed by atoms with van der Waals surface area (Å²) in [5.41, 5.74) is -0.518. The molecule has 1 fully saturated rings. The highest BCUT2D eigenvalue weighted by Gasteiger charge is 2.31. The van der Waals surface area contributed by atoms with E-state index in [9.17, 15) is 18.0 Å². The SMILES string of the molecule is C=CC(=O)N1CCN(C(C)c2nc(-c3cccc(C(F)(F)F)c3)no2)CC1. The predicted molar refractivity (Wildman–Crippen MR) is 91.5 cm³/mol. The molecule has 0 aliphatic carbocycles. The molecule has 1 aromatic heterocycles. The smallest absolute Gasteiger partial charge is 0.337 e. The number of rotatable bonds is 4. The van der Waals surface area contributed by atoms with Gasteiger partial charge in [-0.3, -0.25) is 9.69 Å². The van der Waals surface area contributed by atoms with Gasteiger partial charge in [0.2, 0.25) is 17.6 Å². The molecule has 6 nitrogen and oxygen atoms in total. The highest BCUT2D eigenvalue weighted by atomic mass is 19.4. The molecule has 27 heavy (non-hydrogen) atoms. The first-order chi connectivity index (χ1) is 12.8. The third-order valence-corrected chi connectivity index (χ3v) is 4.60. The molecule has 1 amide bonds. The lowest BCUT2D eigenvalue weighted by molar-refractivity contribution is -0.137. The second-order valence-electron chi connectivity index (χ2n) is 6.28. The van der Waals surface area contributed by atoms with Crippen molar-refractivity contribution in [2.45, 2.75) is 19.1 Å². The standard InChI is InChI=1S/C18H19F3N4O2/c1-3-15(26)25-9-7-24(8-10-25)12(2)17-22-16(23-27-17)13-5-4-6-14(11-13)18(19,20)21/h3-6,11-12H,1,7-10H2,2H3. The number of hydrogen-bond donors (Lipinski definition) is 0. The average molecular weight is 380 g/mol. The lowest BCUT2D eigenvalue weighted by Gasteiger charge is -2.36. The topological polar surface area (TPSA) is 62.5 Å². The summed E-state index contributed by atoms with van der Waals surface area (Å²) in [6, 6.07) is 4.61. The fourth-order valence-corrected chi connectivity index (χ4v) is 2.97. The molecule has 2 aromatic rings. The molecule has 2 heterocycles. The molecular formula is C18H19F3N4O2. The second-order valence-corrected chi connectivity index (χ2v) is 6.28. The van der Waals surface area contributed by atoms with Gasteiger partial charge in [-0.15, -0.1) is 0 Å². The van der Waals surface area contributed by atoms with Crippen molar-refractivity contribution in [2.24, 2.45) is 0 Å². The largest absolute Gasteiger partial charge is 0.416 e. The molecule has 1 saturated heterocycles. The number of carbonyl (C=O) groups excluding carboxylic acids is 1. The molecule has 9 heteroatoms. The summed E-state index contributed by atoms with van der Waals surface area (Å²) >= 11 is 0. The van der Waals surface area contributed by atoms with Gasteiger partial charge in [-0.25, -0.2) is 0 Å². The number of aromatic nitrogens is 2. The van der Waals surface area contributed by atoms with E-state index < -0.39 is 11.7 Å². The van der Waals surface area contributed by atoms with Crippen molar-refractivity contribution < 1.29 is 22.5 Å². The zero-order valence-corrected chi connectivity index (χ0v) is 14.7. The van der Waals surface area contributed by atoms with Crippen molar-refractivity contribution in [3.05, 3.63) is 48.4 Å². The Morgan fingerprint density at radius 1 is 1.30 bits per heavy atom. The third kappa shape index (κ3) is 4.19. The summed E-state index contributed by atoms with van der Waals surface area (Å²) in [5.74, 6) is 0.334. The van der Waals surface area contributed by atoms with Crippen molar-refractivity contribution in [3.63, 3.8) is 0 Å². The molecule has 1 aromatic carbocycles. The lowest BCUT2D eigenvalue weighted by atomic mass is 10.1. The normalized spacial score (nSPS) is 17.0. The number of halogens is 3. The highest BCUT2D eigenvalue weighted by molar-refractivity contribution is 5.87. The molecule has 0 saturated carbocycles. The maximum absolute atomic E-state index is 12.9. The van der Waals surface area contributed by atoms with Gasteiger partial charge in [-0.05, 0) is 25.1 Å². The van der Waals surface area contributed by atoms with Crippen LogP contribution >= 0.6 is 0 Å². The zero-order chi connectivity index (χ0) is 19.6. The van der Waals surface area contributed by atoms with E-state index in [0.717, 1.165) is 12.1 Å². The summed E-state index contributed by atoms with van der Waals surface area (Å²) in [7, 11) is 0. The van der Waals surface area contributed by atoms with Gasteiger partial charge in [-0.1, -0.05) is 23.9 Å². The summed E-state index contributed by atoms with van der Waals surface area (Å²) in [6.45, 7) is 7.74. The minimum absolute atomic E-state index is 0.105. The lowest BCUT2D eigenvalue weighted by Crippen LogP contribution is -2.48. The number of alkyl halides is 3. The van der Waals surface area contributed by atoms with Gasteiger partial charge < -0.3 is 9.42 Å². The molecular weight excluding hydrogens is 361 g/mol. The van der Waals surface area contributed by atoms with E-state index >= 15 is 0 Å². The van der Waals surface area contributed by atoms with Gasteiger partial charge in [0.15, 0.2) is 0 Å². The number of carbonyl (C=O) groups is 1. The minimum atomic E-state index is -4.43. The van der Waals surface area contributed by atoms with Crippen molar-refractivity contribution in [1.29, 1.82) is 0 Å². The van der Waals surface area contributed by atoms with Crippen LogP contribution in [0, 0.1) is 0 Å². The van der Waals surface area contributed by atoms with Crippen LogP contribution in [0.15, 0.2) is 41.4 Å². The summed E-state index contributed by atoms with van der Waals surface area (Å²) in [5, 5.41) is 3.82. The summed E-state index contributed by atoms with van der Waals surface area (Å²) < 4.78 is 43.9. The van der Waals surface area contributed by atoms with Crippen molar-refractivity contribution >= 4 is 5.91 Å². The molecule has 1 aliphatic rings. The Balaban J connectivity index is 1.71. The predicted octanol–water partition coefficient (Wildman–Crippen LogP) is 3.15. The maximum atomic E-state index is 12.9. The van der Waals surface area contributed by atoms with E-state index in [4.69, 9.17) is 4.52 Å². The average Bonchev–Trinajstić information content (AvgIpc) is 3.16. The van der Waals surface area contributed by atoms with Crippen LogP contribution in [0.1, 0.15) is 24.4 Å². The van der Waals surface area contributed by atoms with Gasteiger partial charge >= 0.3 is 6.18 Å². The first-order valence-corrected chi connectivity index (χ1v) is 8.46. The molecule has 1 atom stereocenters. The van der Waals surface area contributed by atoms with Gasteiger partial charge in [0, 0.05) is 31.7 Å². The van der Waals surface area contributed by atoms with Gasteiger partial charge in [0.1, 0.15) is 0 Å². The minimum Gasteiger partial charge on any atom is -0.337 e. The molecule has 3 rings (SSSR count). The Labute approximate surface area is 154 Å². The fourth-order valence-electron chi connectivity index (χ4n) is 2.97. The van der Waals surface area contributed by atoms with Gasteiger partial charge in [-0.2, -0.15) is 18.2 Å². The van der Waals surface area contributed by atoms with E-state index in [1.165, 1.54) is 18.2 Å². The summed E-state index contributed by atoms with van der Waals surface area (Å²) in [4.78, 5) is 19.7. The number of hydrogen-bond acceptors (Lipinski definition) is 5. The number of benzene rings is 1. The van der Waals surface area contributed by atoms with Crippen LogP contribution in [-0.2, 0) is 11.0 Å². The van der Waals surface area contributed by atoms with Gasteiger partial charge in [0.25, 0.3) is 0 Å². The van der Waals surface area contributed by atoms with Crippen LogP contribution in [-0.4, -0.2) is 52.0 Å². The van der Waals surface area contributed by atoms with Crippen LogP contribution in [0.25, 0.3) is 11.4 Å². The number of amides is 1. The zero-order valence-electron chi connectivity index (χ0n) is 14.7. The number of nitrogens with zero attached hydrogens (tertiary/aromatic N) is 4. The quantitative estimate of drug-likeness (QED) is 0.763. The molecule has 0 N–H and O–H groups in total. The molecule has 0 spiro atoms. The van der Waals surface area contributed by atoms with E-state index in [-0.39, 0.29) is 23.3 Å². The number of piperazine rings is 1. The Morgan fingerprint density at radius 3 is 2.63 bits per heavy atom. The maximum Gasteiger partial charge on any atom is 0.416 e. The third-order valence-electron chi connectivity index (χ3n) is 4.60.